The molecule has 4 aromatic rings. The number of nitrogens with one attached hydrogen (secondary N) is 1. The van der Waals surface area contributed by atoms with E-state index in [0.29, 0.717) is 11.3 Å². The molecule has 0 aliphatic heterocycles. The van der Waals surface area contributed by atoms with Crippen LogP contribution >= 0.6 is 0 Å². The molecule has 0 unspecified atom stereocenters. The molecule has 0 fully saturated rings. The highest BCUT2D eigenvalue weighted by atomic mass is 32.2. The van der Waals surface area contributed by atoms with Crippen molar-refractivity contribution in [2.45, 2.75) is 32.6 Å². The molecular formula is C29H30N4O3S. The largest absolute Gasteiger partial charge is 0.318 e. The minimum atomic E-state index is -3.71. The van der Waals surface area contributed by atoms with E-state index >= 15 is 0 Å². The lowest BCUT2D eigenvalue weighted by atomic mass is 10.2. The number of nitrogens with zero attached hydrogens (tertiary/aromatic N) is 3. The van der Waals surface area contributed by atoms with Gasteiger partial charge < -0.3 is 4.57 Å². The SMILES string of the molecule is Cc1ccc(-n2c(C)cc(/C=N\NC(=O)c3ccc(N(C)S(=O)(=O)c4ccc(C)cc4)cc3)c2C)cc1. The average molecular weight is 515 g/mol. The van der Waals surface area contributed by atoms with Gasteiger partial charge in [0, 0.05) is 35.2 Å². The van der Waals surface area contributed by atoms with Crippen LogP contribution in [0, 0.1) is 27.7 Å². The van der Waals surface area contributed by atoms with Crippen LogP contribution in [0.15, 0.2) is 88.9 Å². The molecule has 0 saturated carbocycles. The molecule has 1 heterocycles. The van der Waals surface area contributed by atoms with Gasteiger partial charge >= 0.3 is 0 Å². The first kappa shape index (κ1) is 25.9. The van der Waals surface area contributed by atoms with Gasteiger partial charge in [-0.3, -0.25) is 9.10 Å². The Labute approximate surface area is 218 Å². The number of carbonyl (C=O) groups is 1. The number of anilines is 1. The summed E-state index contributed by atoms with van der Waals surface area (Å²) >= 11 is 0. The second kappa shape index (κ2) is 10.4. The molecule has 0 atom stereocenters. The normalized spacial score (nSPS) is 11.6. The van der Waals surface area contributed by atoms with Crippen molar-refractivity contribution in [3.8, 4) is 5.69 Å². The van der Waals surface area contributed by atoms with Gasteiger partial charge in [-0.05, 0) is 82.3 Å². The third-order valence-electron chi connectivity index (χ3n) is 6.30. The summed E-state index contributed by atoms with van der Waals surface area (Å²) in [6.07, 6.45) is 1.63. The molecule has 0 saturated heterocycles. The first-order valence-corrected chi connectivity index (χ1v) is 13.3. The van der Waals surface area contributed by atoms with Crippen molar-refractivity contribution in [3.63, 3.8) is 0 Å². The van der Waals surface area contributed by atoms with Crippen LogP contribution in [0.1, 0.15) is 38.4 Å². The number of hydrazone groups is 1. The number of benzene rings is 3. The van der Waals surface area contributed by atoms with Crippen LogP contribution in [0.4, 0.5) is 5.69 Å². The van der Waals surface area contributed by atoms with Crippen LogP contribution in [0.5, 0.6) is 0 Å². The fourth-order valence-electron chi connectivity index (χ4n) is 4.06. The Bertz CT molecular complexity index is 1550. The molecule has 0 bridgehead atoms. The minimum Gasteiger partial charge on any atom is -0.318 e. The first-order chi connectivity index (χ1) is 17.6. The van der Waals surface area contributed by atoms with Crippen molar-refractivity contribution in [2.75, 3.05) is 11.4 Å². The quantitative estimate of drug-likeness (QED) is 0.268. The zero-order chi connectivity index (χ0) is 26.7. The maximum absolute atomic E-state index is 12.9. The van der Waals surface area contributed by atoms with E-state index in [2.05, 4.69) is 46.3 Å². The minimum absolute atomic E-state index is 0.207. The topological polar surface area (TPSA) is 83.8 Å². The summed E-state index contributed by atoms with van der Waals surface area (Å²) in [5.41, 5.74) is 9.59. The van der Waals surface area contributed by atoms with Crippen molar-refractivity contribution in [2.24, 2.45) is 5.10 Å². The molecule has 0 radical (unpaired) electrons. The van der Waals surface area contributed by atoms with Crippen molar-refractivity contribution in [1.82, 2.24) is 9.99 Å². The molecule has 1 N–H and O–H groups in total. The second-order valence-electron chi connectivity index (χ2n) is 9.03. The molecule has 0 spiro atoms. The monoisotopic (exact) mass is 514 g/mol. The van der Waals surface area contributed by atoms with E-state index in [0.717, 1.165) is 28.2 Å². The van der Waals surface area contributed by atoms with E-state index in [1.165, 1.54) is 16.9 Å². The summed E-state index contributed by atoms with van der Waals surface area (Å²) in [6, 6.07) is 23.3. The number of hydrogen-bond acceptors (Lipinski definition) is 4. The molecule has 7 nitrogen and oxygen atoms in total. The second-order valence-corrected chi connectivity index (χ2v) is 11.0. The van der Waals surface area contributed by atoms with E-state index < -0.39 is 10.0 Å². The number of sulfonamides is 1. The van der Waals surface area contributed by atoms with Gasteiger partial charge in [-0.15, -0.1) is 0 Å². The third-order valence-corrected chi connectivity index (χ3v) is 8.10. The molecule has 1 amide bonds. The predicted molar refractivity (Wildman–Crippen MR) is 148 cm³/mol. The Hall–Kier alpha value is -4.17. The van der Waals surface area contributed by atoms with Crippen molar-refractivity contribution >= 4 is 27.8 Å². The highest BCUT2D eigenvalue weighted by Crippen LogP contribution is 2.23. The standard InChI is InChI=1S/C29H30N4O3S/c1-20-6-12-27(13-7-20)33-22(3)18-25(23(33)4)19-30-31-29(34)24-10-14-26(15-11-24)32(5)37(35,36)28-16-8-21(2)9-17-28/h6-19H,1-5H3,(H,31,34)/b30-19-. The molecular weight excluding hydrogens is 484 g/mol. The van der Waals surface area contributed by atoms with Crippen LogP contribution < -0.4 is 9.73 Å². The third kappa shape index (κ3) is 5.49. The Morgan fingerprint density at radius 2 is 1.43 bits per heavy atom. The van der Waals surface area contributed by atoms with Gasteiger partial charge in [-0.2, -0.15) is 5.10 Å². The van der Waals surface area contributed by atoms with Crippen LogP contribution in [-0.2, 0) is 10.0 Å². The number of aromatic nitrogens is 1. The summed E-state index contributed by atoms with van der Waals surface area (Å²) in [4.78, 5) is 12.8. The zero-order valence-electron chi connectivity index (χ0n) is 21.6. The maximum Gasteiger partial charge on any atom is 0.271 e. The van der Waals surface area contributed by atoms with E-state index in [1.807, 2.05) is 26.8 Å². The summed E-state index contributed by atoms with van der Waals surface area (Å²) < 4.78 is 29.2. The van der Waals surface area contributed by atoms with Gasteiger partial charge in [0.25, 0.3) is 15.9 Å². The summed E-state index contributed by atoms with van der Waals surface area (Å²) in [5, 5.41) is 4.14. The Morgan fingerprint density at radius 3 is 2.03 bits per heavy atom. The highest BCUT2D eigenvalue weighted by molar-refractivity contribution is 7.92. The van der Waals surface area contributed by atoms with Gasteiger partial charge in [0.2, 0.25) is 0 Å². The lowest BCUT2D eigenvalue weighted by Crippen LogP contribution is -2.26. The van der Waals surface area contributed by atoms with Crippen LogP contribution in [0.3, 0.4) is 0 Å². The lowest BCUT2D eigenvalue weighted by Gasteiger charge is -2.19. The van der Waals surface area contributed by atoms with Crippen molar-refractivity contribution in [3.05, 3.63) is 113 Å². The number of amides is 1. The predicted octanol–water partition coefficient (Wildman–Crippen LogP) is 5.30. The van der Waals surface area contributed by atoms with Gasteiger partial charge in [-0.1, -0.05) is 35.4 Å². The summed E-state index contributed by atoms with van der Waals surface area (Å²) in [6.45, 7) is 7.99. The smallest absolute Gasteiger partial charge is 0.271 e. The van der Waals surface area contributed by atoms with Crippen LogP contribution in [0.25, 0.3) is 5.69 Å². The first-order valence-electron chi connectivity index (χ1n) is 11.8. The molecule has 37 heavy (non-hydrogen) atoms. The van der Waals surface area contributed by atoms with E-state index in [-0.39, 0.29) is 10.8 Å². The highest BCUT2D eigenvalue weighted by Gasteiger charge is 2.21. The lowest BCUT2D eigenvalue weighted by molar-refractivity contribution is 0.0955. The van der Waals surface area contributed by atoms with Crippen molar-refractivity contribution in [1.29, 1.82) is 0 Å². The Balaban J connectivity index is 1.44. The Morgan fingerprint density at radius 1 is 0.865 bits per heavy atom. The molecule has 0 aliphatic rings. The van der Waals surface area contributed by atoms with Crippen molar-refractivity contribution < 1.29 is 13.2 Å². The zero-order valence-corrected chi connectivity index (χ0v) is 22.4. The fraction of sp³-hybridized carbons (Fsp3) is 0.172. The molecule has 0 aliphatic carbocycles. The molecule has 190 valence electrons. The maximum atomic E-state index is 12.9. The number of aryl methyl sites for hydroxylation is 3. The number of hydrogen-bond donors (Lipinski definition) is 1. The average Bonchev–Trinajstić information content (AvgIpc) is 3.17. The fourth-order valence-corrected chi connectivity index (χ4v) is 5.26. The molecule has 3 aromatic carbocycles. The van der Waals surface area contributed by atoms with Gasteiger partial charge in [-0.25, -0.2) is 13.8 Å². The summed E-state index contributed by atoms with van der Waals surface area (Å²) in [5.74, 6) is -0.390. The van der Waals surface area contributed by atoms with Gasteiger partial charge in [0.1, 0.15) is 0 Å². The molecule has 1 aromatic heterocycles. The van der Waals surface area contributed by atoms with Crippen LogP contribution in [-0.4, -0.2) is 32.2 Å². The van der Waals surface area contributed by atoms with Gasteiger partial charge in [0.15, 0.2) is 0 Å². The van der Waals surface area contributed by atoms with E-state index in [1.54, 1.807) is 54.7 Å². The number of rotatable bonds is 7. The van der Waals surface area contributed by atoms with E-state index in [9.17, 15) is 13.2 Å². The van der Waals surface area contributed by atoms with Crippen LogP contribution in [0.2, 0.25) is 0 Å². The summed E-state index contributed by atoms with van der Waals surface area (Å²) in [7, 11) is -2.22. The molecule has 4 rings (SSSR count). The van der Waals surface area contributed by atoms with E-state index in [4.69, 9.17) is 0 Å². The Kier molecular flexibility index (Phi) is 7.31. The molecule has 8 heteroatoms. The van der Waals surface area contributed by atoms with Gasteiger partial charge in [0.05, 0.1) is 16.8 Å². The number of carbonyl (C=O) groups excluding carboxylic acids is 1.